The number of hydrogen-bond acceptors (Lipinski definition) is 6. The molecule has 2 heterocycles. The van der Waals surface area contributed by atoms with Crippen molar-refractivity contribution in [1.29, 1.82) is 0 Å². The zero-order valence-corrected chi connectivity index (χ0v) is 13.8. The molecule has 2 aromatic rings. The molecule has 3 rings (SSSR count). The maximum Gasteiger partial charge on any atom is 0.203 e. The molecular weight excluding hydrogens is 296 g/mol. The van der Waals surface area contributed by atoms with Gasteiger partial charge in [0.05, 0.1) is 27.0 Å². The standard InChI is InChI=1S/C17H22N2O4/c1-20-15-10-12-4-7-19(11-13-6-9-23-18-13)8-5-14(12)16(21-2)17(15)22-3/h6,9-10H,4-5,7-8,11H2,1-3H3. The van der Waals surface area contributed by atoms with E-state index in [1.165, 1.54) is 11.1 Å². The molecule has 1 aromatic carbocycles. The molecule has 0 spiro atoms. The van der Waals surface area contributed by atoms with Crippen molar-refractivity contribution in [3.8, 4) is 17.2 Å². The fourth-order valence-electron chi connectivity index (χ4n) is 3.13. The zero-order chi connectivity index (χ0) is 16.2. The van der Waals surface area contributed by atoms with Crippen LogP contribution in [0.3, 0.4) is 0 Å². The lowest BCUT2D eigenvalue weighted by Crippen LogP contribution is -2.26. The van der Waals surface area contributed by atoms with Crippen LogP contribution in [-0.4, -0.2) is 44.5 Å². The van der Waals surface area contributed by atoms with Crippen LogP contribution in [0, 0.1) is 0 Å². The number of hydrogen-bond donors (Lipinski definition) is 0. The molecule has 124 valence electrons. The lowest BCUT2D eigenvalue weighted by Gasteiger charge is -2.18. The highest BCUT2D eigenvalue weighted by Crippen LogP contribution is 2.43. The summed E-state index contributed by atoms with van der Waals surface area (Å²) in [6.45, 7) is 2.69. The first-order valence-electron chi connectivity index (χ1n) is 7.69. The highest BCUT2D eigenvalue weighted by Gasteiger charge is 2.23. The molecule has 0 radical (unpaired) electrons. The molecule has 0 saturated heterocycles. The van der Waals surface area contributed by atoms with Gasteiger partial charge in [0.25, 0.3) is 0 Å². The van der Waals surface area contributed by atoms with Crippen LogP contribution in [-0.2, 0) is 19.4 Å². The van der Waals surface area contributed by atoms with Gasteiger partial charge in [-0.1, -0.05) is 5.16 Å². The first-order valence-corrected chi connectivity index (χ1v) is 7.69. The summed E-state index contributed by atoms with van der Waals surface area (Å²) >= 11 is 0. The third kappa shape index (κ3) is 3.12. The van der Waals surface area contributed by atoms with Crippen molar-refractivity contribution in [1.82, 2.24) is 10.1 Å². The molecule has 0 bridgehead atoms. The van der Waals surface area contributed by atoms with Crippen LogP contribution in [0.2, 0.25) is 0 Å². The highest BCUT2D eigenvalue weighted by molar-refractivity contribution is 5.59. The first kappa shape index (κ1) is 15.7. The summed E-state index contributed by atoms with van der Waals surface area (Å²) in [5.41, 5.74) is 3.41. The number of aromatic nitrogens is 1. The molecule has 0 fully saturated rings. The maximum atomic E-state index is 5.62. The number of methoxy groups -OCH3 is 3. The lowest BCUT2D eigenvalue weighted by atomic mass is 10.0. The Kier molecular flexibility index (Phi) is 4.71. The highest BCUT2D eigenvalue weighted by atomic mass is 16.5. The normalized spacial score (nSPS) is 14.9. The molecule has 1 aliphatic rings. The molecule has 0 unspecified atom stereocenters. The molecule has 6 heteroatoms. The van der Waals surface area contributed by atoms with E-state index in [1.807, 2.05) is 6.07 Å². The summed E-state index contributed by atoms with van der Waals surface area (Å²) in [7, 11) is 4.97. The smallest absolute Gasteiger partial charge is 0.203 e. The quantitative estimate of drug-likeness (QED) is 0.843. The van der Waals surface area contributed by atoms with E-state index in [9.17, 15) is 0 Å². The number of rotatable bonds is 5. The van der Waals surface area contributed by atoms with Gasteiger partial charge in [0.15, 0.2) is 11.5 Å². The number of nitrogens with zero attached hydrogens (tertiary/aromatic N) is 2. The van der Waals surface area contributed by atoms with Crippen LogP contribution in [0.1, 0.15) is 16.8 Å². The summed E-state index contributed by atoms with van der Waals surface area (Å²) < 4.78 is 21.5. The maximum absolute atomic E-state index is 5.62. The summed E-state index contributed by atoms with van der Waals surface area (Å²) in [6, 6.07) is 3.97. The topological polar surface area (TPSA) is 57.0 Å². The second kappa shape index (κ2) is 6.91. The van der Waals surface area contributed by atoms with Crippen molar-refractivity contribution in [2.75, 3.05) is 34.4 Å². The third-order valence-electron chi connectivity index (χ3n) is 4.28. The molecule has 1 aromatic heterocycles. The molecule has 0 saturated carbocycles. The number of benzene rings is 1. The fourth-order valence-corrected chi connectivity index (χ4v) is 3.13. The van der Waals surface area contributed by atoms with E-state index >= 15 is 0 Å². The summed E-state index contributed by atoms with van der Waals surface area (Å²) in [4.78, 5) is 2.37. The Hall–Kier alpha value is -2.21. The number of ether oxygens (including phenoxy) is 3. The monoisotopic (exact) mass is 318 g/mol. The van der Waals surface area contributed by atoms with E-state index in [-0.39, 0.29) is 0 Å². The lowest BCUT2D eigenvalue weighted by molar-refractivity contribution is 0.268. The van der Waals surface area contributed by atoms with Crippen LogP contribution in [0.25, 0.3) is 0 Å². The van der Waals surface area contributed by atoms with Crippen molar-refractivity contribution in [3.63, 3.8) is 0 Å². The number of fused-ring (bicyclic) bond motifs is 1. The molecule has 1 aliphatic heterocycles. The minimum absolute atomic E-state index is 0.665. The van der Waals surface area contributed by atoms with Gasteiger partial charge in [0.2, 0.25) is 5.75 Å². The predicted octanol–water partition coefficient (Wildman–Crippen LogP) is 2.30. The van der Waals surface area contributed by atoms with E-state index in [0.29, 0.717) is 11.5 Å². The molecule has 23 heavy (non-hydrogen) atoms. The van der Waals surface area contributed by atoms with Crippen LogP contribution in [0.4, 0.5) is 0 Å². The molecule has 0 aliphatic carbocycles. The zero-order valence-electron chi connectivity index (χ0n) is 13.8. The van der Waals surface area contributed by atoms with Crippen LogP contribution in [0.15, 0.2) is 22.9 Å². The van der Waals surface area contributed by atoms with Gasteiger partial charge in [-0.25, -0.2) is 0 Å². The molecule has 0 atom stereocenters. The Balaban J connectivity index is 1.86. The van der Waals surface area contributed by atoms with Crippen LogP contribution in [0.5, 0.6) is 17.2 Å². The average molecular weight is 318 g/mol. The van der Waals surface area contributed by atoms with E-state index in [0.717, 1.165) is 43.9 Å². The van der Waals surface area contributed by atoms with Crippen molar-refractivity contribution in [3.05, 3.63) is 35.2 Å². The van der Waals surface area contributed by atoms with Gasteiger partial charge in [-0.15, -0.1) is 0 Å². The van der Waals surface area contributed by atoms with E-state index < -0.39 is 0 Å². The van der Waals surface area contributed by atoms with Crippen LogP contribution >= 0.6 is 0 Å². The van der Waals surface area contributed by atoms with E-state index in [2.05, 4.69) is 16.1 Å². The van der Waals surface area contributed by atoms with E-state index in [4.69, 9.17) is 18.7 Å². The minimum atomic E-state index is 0.665. The SMILES string of the molecule is COc1cc2c(c(OC)c1OC)CCN(Cc1ccon1)CC2. The van der Waals surface area contributed by atoms with Gasteiger partial charge in [0.1, 0.15) is 6.26 Å². The molecular formula is C17H22N2O4. The van der Waals surface area contributed by atoms with Gasteiger partial charge in [0, 0.05) is 31.3 Å². The van der Waals surface area contributed by atoms with Crippen molar-refractivity contribution >= 4 is 0 Å². The van der Waals surface area contributed by atoms with Gasteiger partial charge in [-0.3, -0.25) is 4.90 Å². The molecule has 0 amide bonds. The minimum Gasteiger partial charge on any atom is -0.493 e. The van der Waals surface area contributed by atoms with Gasteiger partial charge >= 0.3 is 0 Å². The predicted molar refractivity (Wildman–Crippen MR) is 85.3 cm³/mol. The van der Waals surface area contributed by atoms with Crippen molar-refractivity contribution < 1.29 is 18.7 Å². The first-order chi connectivity index (χ1) is 11.3. The van der Waals surface area contributed by atoms with Crippen molar-refractivity contribution in [2.45, 2.75) is 19.4 Å². The van der Waals surface area contributed by atoms with Gasteiger partial charge < -0.3 is 18.7 Å². The second-order valence-corrected chi connectivity index (χ2v) is 5.55. The largest absolute Gasteiger partial charge is 0.493 e. The Bertz CT molecular complexity index is 655. The third-order valence-corrected chi connectivity index (χ3v) is 4.28. The van der Waals surface area contributed by atoms with E-state index in [1.54, 1.807) is 27.6 Å². The second-order valence-electron chi connectivity index (χ2n) is 5.55. The Morgan fingerprint density at radius 3 is 2.52 bits per heavy atom. The van der Waals surface area contributed by atoms with Gasteiger partial charge in [-0.05, 0) is 24.5 Å². The Labute approximate surface area is 135 Å². The summed E-state index contributed by atoms with van der Waals surface area (Å²) in [5, 5.41) is 4.00. The fraction of sp³-hybridized carbons (Fsp3) is 0.471. The molecule has 0 N–H and O–H groups in total. The summed E-state index contributed by atoms with van der Waals surface area (Å²) in [5.74, 6) is 2.16. The molecule has 6 nitrogen and oxygen atoms in total. The Morgan fingerprint density at radius 1 is 1.09 bits per heavy atom. The van der Waals surface area contributed by atoms with Crippen LogP contribution < -0.4 is 14.2 Å². The Morgan fingerprint density at radius 2 is 1.87 bits per heavy atom. The van der Waals surface area contributed by atoms with Gasteiger partial charge in [-0.2, -0.15) is 0 Å². The van der Waals surface area contributed by atoms with Crippen molar-refractivity contribution in [2.24, 2.45) is 0 Å². The average Bonchev–Trinajstić information content (AvgIpc) is 3.00. The summed E-state index contributed by atoms with van der Waals surface area (Å²) in [6.07, 6.45) is 3.45.